The van der Waals surface area contributed by atoms with Gasteiger partial charge in [-0.25, -0.2) is 4.98 Å². The molecule has 0 bridgehead atoms. The van der Waals surface area contributed by atoms with Crippen molar-refractivity contribution in [1.82, 2.24) is 14.8 Å². The largest absolute Gasteiger partial charge is 0.379 e. The lowest BCUT2D eigenvalue weighted by molar-refractivity contribution is 0.00958. The molecule has 1 aliphatic heterocycles. The van der Waals surface area contributed by atoms with E-state index in [9.17, 15) is 4.79 Å². The molecule has 0 spiro atoms. The van der Waals surface area contributed by atoms with Gasteiger partial charge in [0.1, 0.15) is 5.01 Å². The van der Waals surface area contributed by atoms with Crippen LogP contribution in [0.3, 0.4) is 0 Å². The summed E-state index contributed by atoms with van der Waals surface area (Å²) in [7, 11) is 2.15. The molecule has 1 aromatic carbocycles. The van der Waals surface area contributed by atoms with Crippen molar-refractivity contribution in [2.24, 2.45) is 5.73 Å². The fraction of sp³-hybridized carbons (Fsp3) is 0.364. The van der Waals surface area contributed by atoms with Gasteiger partial charge in [-0.3, -0.25) is 14.6 Å². The molecule has 1 amide bonds. The van der Waals surface area contributed by atoms with Crippen molar-refractivity contribution < 1.29 is 9.53 Å². The lowest BCUT2D eigenvalue weighted by Gasteiger charge is -2.36. The van der Waals surface area contributed by atoms with Crippen LogP contribution in [-0.4, -0.2) is 60.6 Å². The van der Waals surface area contributed by atoms with Crippen LogP contribution < -0.4 is 5.73 Å². The first-order valence-corrected chi connectivity index (χ1v) is 11.7. The summed E-state index contributed by atoms with van der Waals surface area (Å²) in [6, 6.07) is 12.0. The molecule has 1 atom stereocenters. The molecule has 1 fully saturated rings. The number of rotatable bonds is 8. The Kier molecular flexibility index (Phi) is 6.91. The molecule has 1 unspecified atom stereocenters. The monoisotopic (exact) mass is 442 g/mol. The molecule has 3 aromatic rings. The molecule has 158 valence electrons. The van der Waals surface area contributed by atoms with Gasteiger partial charge in [0.2, 0.25) is 5.91 Å². The van der Waals surface area contributed by atoms with E-state index >= 15 is 0 Å². The fourth-order valence-corrected chi connectivity index (χ4v) is 5.35. The van der Waals surface area contributed by atoms with Crippen LogP contribution in [0.5, 0.6) is 0 Å². The van der Waals surface area contributed by atoms with E-state index in [0.717, 1.165) is 55.7 Å². The summed E-state index contributed by atoms with van der Waals surface area (Å²) in [5.74, 6) is -0.413. The van der Waals surface area contributed by atoms with Crippen LogP contribution >= 0.6 is 22.7 Å². The van der Waals surface area contributed by atoms with Gasteiger partial charge in [0.05, 0.1) is 24.9 Å². The molecule has 1 aliphatic rings. The Morgan fingerprint density at radius 3 is 2.67 bits per heavy atom. The molecule has 3 heterocycles. The van der Waals surface area contributed by atoms with Gasteiger partial charge in [-0.15, -0.1) is 22.7 Å². The second-order valence-electron chi connectivity index (χ2n) is 7.46. The van der Waals surface area contributed by atoms with E-state index in [4.69, 9.17) is 15.5 Å². The second-order valence-corrected chi connectivity index (χ2v) is 9.30. The second kappa shape index (κ2) is 9.80. The normalized spacial score (nSPS) is 16.1. The maximum atomic E-state index is 11.3. The predicted molar refractivity (Wildman–Crippen MR) is 122 cm³/mol. The SMILES string of the molecule is CN(Cc1csc(-c2ccc(C(N)=O)cc2)n1)CC(c1cccs1)N1CCOCC1. The number of carbonyl (C=O) groups excluding carboxylic acids is 1. The average Bonchev–Trinajstić information content (AvgIpc) is 3.45. The van der Waals surface area contributed by atoms with Crippen molar-refractivity contribution in [3.63, 3.8) is 0 Å². The third kappa shape index (κ3) is 5.14. The van der Waals surface area contributed by atoms with Crippen LogP contribution in [0.25, 0.3) is 10.6 Å². The van der Waals surface area contributed by atoms with E-state index in [1.807, 2.05) is 23.5 Å². The highest BCUT2D eigenvalue weighted by Crippen LogP contribution is 2.28. The number of amides is 1. The van der Waals surface area contributed by atoms with Crippen LogP contribution in [0.4, 0.5) is 0 Å². The molecule has 8 heteroatoms. The van der Waals surface area contributed by atoms with Crippen LogP contribution in [0.1, 0.15) is 27.0 Å². The first-order chi connectivity index (χ1) is 14.6. The lowest BCUT2D eigenvalue weighted by Crippen LogP contribution is -2.42. The number of nitrogens with two attached hydrogens (primary N) is 1. The smallest absolute Gasteiger partial charge is 0.248 e. The number of nitrogens with zero attached hydrogens (tertiary/aromatic N) is 3. The fourth-order valence-electron chi connectivity index (χ4n) is 3.68. The molecule has 6 nitrogen and oxygen atoms in total. The molecule has 2 N–H and O–H groups in total. The zero-order valence-corrected chi connectivity index (χ0v) is 18.6. The number of benzene rings is 1. The molecule has 2 aromatic heterocycles. The number of morpholine rings is 1. The minimum atomic E-state index is -0.413. The van der Waals surface area contributed by atoms with Gasteiger partial charge in [-0.2, -0.15) is 0 Å². The van der Waals surface area contributed by atoms with Gasteiger partial charge in [0, 0.05) is 47.6 Å². The van der Waals surface area contributed by atoms with Gasteiger partial charge in [0.25, 0.3) is 0 Å². The molecule has 1 saturated heterocycles. The summed E-state index contributed by atoms with van der Waals surface area (Å²) < 4.78 is 5.55. The molecule has 0 radical (unpaired) electrons. The zero-order chi connectivity index (χ0) is 20.9. The van der Waals surface area contributed by atoms with Gasteiger partial charge in [0.15, 0.2) is 0 Å². The van der Waals surface area contributed by atoms with Crippen molar-refractivity contribution in [3.8, 4) is 10.6 Å². The van der Waals surface area contributed by atoms with Crippen molar-refractivity contribution >= 4 is 28.6 Å². The van der Waals surface area contributed by atoms with Gasteiger partial charge < -0.3 is 10.5 Å². The third-order valence-electron chi connectivity index (χ3n) is 5.24. The Balaban J connectivity index is 1.41. The predicted octanol–water partition coefficient (Wildman–Crippen LogP) is 3.48. The number of ether oxygens (including phenoxy) is 1. The van der Waals surface area contributed by atoms with E-state index in [-0.39, 0.29) is 0 Å². The number of aromatic nitrogens is 1. The highest BCUT2D eigenvalue weighted by atomic mass is 32.1. The minimum Gasteiger partial charge on any atom is -0.379 e. The van der Waals surface area contributed by atoms with Gasteiger partial charge in [-0.05, 0) is 30.6 Å². The van der Waals surface area contributed by atoms with Crippen molar-refractivity contribution in [1.29, 1.82) is 0 Å². The molecular formula is C22H26N4O2S2. The minimum absolute atomic E-state index is 0.373. The standard InChI is InChI=1S/C22H26N4O2S2/c1-25(14-19(20-3-2-12-29-20)26-8-10-28-11-9-26)13-18-15-30-22(24-18)17-6-4-16(5-7-17)21(23)27/h2-7,12,15,19H,8-11,13-14H2,1H3,(H2,23,27). The molecule has 4 rings (SSSR count). The van der Waals surface area contributed by atoms with Crippen LogP contribution in [0, 0.1) is 0 Å². The number of primary amides is 1. The van der Waals surface area contributed by atoms with Crippen LogP contribution in [0.2, 0.25) is 0 Å². The summed E-state index contributed by atoms with van der Waals surface area (Å²) in [6.45, 7) is 5.28. The average molecular weight is 443 g/mol. The molecule has 0 aliphatic carbocycles. The summed E-state index contributed by atoms with van der Waals surface area (Å²) in [5, 5.41) is 5.22. The maximum absolute atomic E-state index is 11.3. The van der Waals surface area contributed by atoms with Crippen molar-refractivity contribution in [2.45, 2.75) is 12.6 Å². The Morgan fingerprint density at radius 1 is 1.23 bits per heavy atom. The number of hydrogen-bond donors (Lipinski definition) is 1. The Hall–Kier alpha value is -2.10. The number of likely N-dealkylation sites (N-methyl/N-ethyl adjacent to an activating group) is 1. The molecule has 0 saturated carbocycles. The van der Waals surface area contributed by atoms with E-state index in [1.54, 1.807) is 23.5 Å². The first-order valence-electron chi connectivity index (χ1n) is 9.98. The first kappa shape index (κ1) is 21.1. The van der Waals surface area contributed by atoms with Gasteiger partial charge in [-0.1, -0.05) is 18.2 Å². The summed E-state index contributed by atoms with van der Waals surface area (Å²) in [6.07, 6.45) is 0. The van der Waals surface area contributed by atoms with Crippen molar-refractivity contribution in [3.05, 3.63) is 63.3 Å². The van der Waals surface area contributed by atoms with E-state index in [0.29, 0.717) is 11.6 Å². The quantitative estimate of drug-likeness (QED) is 0.578. The van der Waals surface area contributed by atoms with E-state index in [1.165, 1.54) is 4.88 Å². The Bertz CT molecular complexity index is 950. The highest BCUT2D eigenvalue weighted by molar-refractivity contribution is 7.13. The summed E-state index contributed by atoms with van der Waals surface area (Å²) in [4.78, 5) is 22.3. The van der Waals surface area contributed by atoms with E-state index in [2.05, 4.69) is 39.7 Å². The van der Waals surface area contributed by atoms with Crippen LogP contribution in [-0.2, 0) is 11.3 Å². The number of thiazole rings is 1. The van der Waals surface area contributed by atoms with Gasteiger partial charge >= 0.3 is 0 Å². The number of hydrogen-bond acceptors (Lipinski definition) is 7. The topological polar surface area (TPSA) is 71.7 Å². The highest BCUT2D eigenvalue weighted by Gasteiger charge is 2.25. The summed E-state index contributed by atoms with van der Waals surface area (Å²) >= 11 is 3.45. The van der Waals surface area contributed by atoms with Crippen LogP contribution in [0.15, 0.2) is 47.2 Å². The zero-order valence-electron chi connectivity index (χ0n) is 17.0. The maximum Gasteiger partial charge on any atom is 0.248 e. The number of thiophene rings is 1. The van der Waals surface area contributed by atoms with Crippen molar-refractivity contribution in [2.75, 3.05) is 39.9 Å². The molecule has 30 heavy (non-hydrogen) atoms. The Labute approximate surface area is 184 Å². The lowest BCUT2D eigenvalue weighted by atomic mass is 10.1. The third-order valence-corrected chi connectivity index (χ3v) is 7.16. The molecular weight excluding hydrogens is 416 g/mol. The van der Waals surface area contributed by atoms with E-state index < -0.39 is 5.91 Å². The number of carbonyl (C=O) groups is 1. The summed E-state index contributed by atoms with van der Waals surface area (Å²) in [5.41, 5.74) is 7.90. The Morgan fingerprint density at radius 2 is 2.00 bits per heavy atom.